The largest absolute Gasteiger partial charge is 0.454 e. The number of rotatable bonds is 4. The maximum atomic E-state index is 12.6. The van der Waals surface area contributed by atoms with Crippen LogP contribution in [0.1, 0.15) is 41.3 Å². The van der Waals surface area contributed by atoms with Crippen molar-refractivity contribution in [2.75, 3.05) is 19.9 Å². The summed E-state index contributed by atoms with van der Waals surface area (Å²) in [7, 11) is 0. The molecule has 2 atom stereocenters. The highest BCUT2D eigenvalue weighted by Crippen LogP contribution is 2.36. The number of hydrogen-bond donors (Lipinski definition) is 1. The maximum absolute atomic E-state index is 12.6. The van der Waals surface area contributed by atoms with Gasteiger partial charge in [0.05, 0.1) is 0 Å². The molecule has 1 aromatic carbocycles. The van der Waals surface area contributed by atoms with Gasteiger partial charge in [0.15, 0.2) is 11.5 Å². The van der Waals surface area contributed by atoms with E-state index in [2.05, 4.69) is 37.1 Å². The minimum atomic E-state index is -0.0675. The highest BCUT2D eigenvalue weighted by molar-refractivity contribution is 5.91. The van der Waals surface area contributed by atoms with Crippen molar-refractivity contribution in [3.05, 3.63) is 35.4 Å². The molecule has 0 radical (unpaired) electrons. The molecule has 2 fully saturated rings. The first-order chi connectivity index (χ1) is 14.2. The van der Waals surface area contributed by atoms with Crippen LogP contribution in [0.4, 0.5) is 0 Å². The lowest BCUT2D eigenvalue weighted by Crippen LogP contribution is -2.41. The van der Waals surface area contributed by atoms with Gasteiger partial charge < -0.3 is 19.4 Å². The summed E-state index contributed by atoms with van der Waals surface area (Å²) in [6.07, 6.45) is 4.25. The number of fused-ring (bicyclic) bond motifs is 3. The van der Waals surface area contributed by atoms with Gasteiger partial charge in [-0.3, -0.25) is 9.69 Å². The average molecular weight is 395 g/mol. The third kappa shape index (κ3) is 3.06. The summed E-state index contributed by atoms with van der Waals surface area (Å²) >= 11 is 0. The Morgan fingerprint density at radius 2 is 1.97 bits per heavy atom. The van der Waals surface area contributed by atoms with Crippen LogP contribution in [0.3, 0.4) is 0 Å². The smallest absolute Gasteiger partial charge is 0.289 e. The molecule has 1 N–H and O–H groups in total. The van der Waals surface area contributed by atoms with Crippen molar-refractivity contribution < 1.29 is 14.3 Å². The molecule has 8 heteroatoms. The van der Waals surface area contributed by atoms with Crippen LogP contribution in [0.2, 0.25) is 0 Å². The molecule has 0 bridgehead atoms. The van der Waals surface area contributed by atoms with Gasteiger partial charge >= 0.3 is 0 Å². The standard InChI is InChI=1S/C21H25N5O3/c27-21(22-16-2-1-3-16)20-24-23-19-7-14-9-25(10-15(14)11-26(19)20)8-13-4-5-17-18(6-13)29-12-28-17/h4-6,14-16H,1-3,7-12H2,(H,22,27)/t14-,15-/m1/s1. The third-order valence-electron chi connectivity index (χ3n) is 6.83. The van der Waals surface area contributed by atoms with E-state index in [-0.39, 0.29) is 5.91 Å². The van der Waals surface area contributed by atoms with E-state index in [0.717, 1.165) is 62.8 Å². The van der Waals surface area contributed by atoms with Crippen molar-refractivity contribution in [1.82, 2.24) is 25.0 Å². The summed E-state index contributed by atoms with van der Waals surface area (Å²) in [6.45, 7) is 4.12. The number of likely N-dealkylation sites (tertiary alicyclic amines) is 1. The van der Waals surface area contributed by atoms with E-state index in [9.17, 15) is 4.79 Å². The minimum absolute atomic E-state index is 0.0675. The lowest BCUT2D eigenvalue weighted by Gasteiger charge is -2.28. The zero-order valence-corrected chi connectivity index (χ0v) is 16.3. The number of ether oxygens (including phenoxy) is 2. The zero-order valence-electron chi connectivity index (χ0n) is 16.3. The molecular formula is C21H25N5O3. The quantitative estimate of drug-likeness (QED) is 0.847. The first-order valence-electron chi connectivity index (χ1n) is 10.6. The van der Waals surface area contributed by atoms with Crippen molar-refractivity contribution >= 4 is 5.91 Å². The number of nitrogens with zero attached hydrogens (tertiary/aromatic N) is 4. The Kier molecular flexibility index (Phi) is 4.00. The fourth-order valence-electron chi connectivity index (χ4n) is 5.02. The second kappa shape index (κ2) is 6.73. The molecular weight excluding hydrogens is 370 g/mol. The van der Waals surface area contributed by atoms with Crippen LogP contribution in [-0.2, 0) is 19.5 Å². The second-order valence-corrected chi connectivity index (χ2v) is 8.76. The second-order valence-electron chi connectivity index (χ2n) is 8.76. The van der Waals surface area contributed by atoms with Crippen LogP contribution >= 0.6 is 0 Å². The molecule has 0 spiro atoms. The van der Waals surface area contributed by atoms with Crippen molar-refractivity contribution in [3.8, 4) is 11.5 Å². The number of carbonyl (C=O) groups is 1. The molecule has 8 nitrogen and oxygen atoms in total. The van der Waals surface area contributed by atoms with E-state index in [4.69, 9.17) is 9.47 Å². The fraction of sp³-hybridized carbons (Fsp3) is 0.571. The van der Waals surface area contributed by atoms with Crippen LogP contribution in [-0.4, -0.2) is 51.5 Å². The fourth-order valence-corrected chi connectivity index (χ4v) is 5.02. The minimum Gasteiger partial charge on any atom is -0.454 e. The van der Waals surface area contributed by atoms with Crippen LogP contribution in [0, 0.1) is 11.8 Å². The molecule has 1 aliphatic carbocycles. The first kappa shape index (κ1) is 17.3. The molecule has 4 heterocycles. The van der Waals surface area contributed by atoms with Crippen LogP contribution < -0.4 is 14.8 Å². The van der Waals surface area contributed by atoms with Crippen molar-refractivity contribution in [1.29, 1.82) is 0 Å². The Morgan fingerprint density at radius 3 is 2.83 bits per heavy atom. The summed E-state index contributed by atoms with van der Waals surface area (Å²) in [6, 6.07) is 6.51. The van der Waals surface area contributed by atoms with Crippen molar-refractivity contribution in [3.63, 3.8) is 0 Å². The van der Waals surface area contributed by atoms with E-state index in [0.29, 0.717) is 30.5 Å². The van der Waals surface area contributed by atoms with Gasteiger partial charge in [-0.25, -0.2) is 0 Å². The lowest BCUT2D eigenvalue weighted by atomic mass is 9.89. The van der Waals surface area contributed by atoms with Gasteiger partial charge in [-0.1, -0.05) is 6.07 Å². The van der Waals surface area contributed by atoms with Crippen LogP contribution in [0.25, 0.3) is 0 Å². The Bertz CT molecular complexity index is 954. The number of nitrogens with one attached hydrogen (secondary N) is 1. The predicted octanol–water partition coefficient (Wildman–Crippen LogP) is 1.59. The highest BCUT2D eigenvalue weighted by Gasteiger charge is 2.39. The zero-order chi connectivity index (χ0) is 19.4. The van der Waals surface area contributed by atoms with Crippen LogP contribution in [0.5, 0.6) is 11.5 Å². The van der Waals surface area contributed by atoms with E-state index >= 15 is 0 Å². The number of carbonyl (C=O) groups excluding carboxylic acids is 1. The van der Waals surface area contributed by atoms with Crippen molar-refractivity contribution in [2.24, 2.45) is 11.8 Å². The molecule has 6 rings (SSSR count). The van der Waals surface area contributed by atoms with E-state index in [1.54, 1.807) is 0 Å². The summed E-state index contributed by atoms with van der Waals surface area (Å²) in [5.74, 6) is 4.14. The lowest BCUT2D eigenvalue weighted by molar-refractivity contribution is 0.0898. The third-order valence-corrected chi connectivity index (χ3v) is 6.83. The number of hydrogen-bond acceptors (Lipinski definition) is 6. The van der Waals surface area contributed by atoms with Gasteiger partial charge in [-0.05, 0) is 48.8 Å². The highest BCUT2D eigenvalue weighted by atomic mass is 16.7. The summed E-state index contributed by atoms with van der Waals surface area (Å²) < 4.78 is 13.0. The number of amides is 1. The molecule has 4 aliphatic rings. The SMILES string of the molecule is O=C(NC1CCC1)c1nnc2n1C[C@H]1CN(Cc3ccc4c(c3)OCO4)C[C@H]1C2. The predicted molar refractivity (Wildman–Crippen MR) is 104 cm³/mol. The molecule has 152 valence electrons. The van der Waals surface area contributed by atoms with Gasteiger partial charge in [0, 0.05) is 38.6 Å². The summed E-state index contributed by atoms with van der Waals surface area (Å²) in [5.41, 5.74) is 1.24. The molecule has 1 aromatic heterocycles. The Balaban J connectivity index is 1.13. The summed E-state index contributed by atoms with van der Waals surface area (Å²) in [5, 5.41) is 11.7. The van der Waals surface area contributed by atoms with E-state index in [1.165, 1.54) is 12.0 Å². The van der Waals surface area contributed by atoms with Crippen molar-refractivity contribution in [2.45, 2.75) is 44.8 Å². The number of aromatic nitrogens is 3. The molecule has 29 heavy (non-hydrogen) atoms. The van der Waals surface area contributed by atoms with Gasteiger partial charge in [-0.2, -0.15) is 0 Å². The first-order valence-corrected chi connectivity index (χ1v) is 10.6. The molecule has 0 unspecified atom stereocenters. The molecule has 1 saturated carbocycles. The van der Waals surface area contributed by atoms with Gasteiger partial charge in [-0.15, -0.1) is 10.2 Å². The topological polar surface area (TPSA) is 81.5 Å². The van der Waals surface area contributed by atoms with Gasteiger partial charge in [0.2, 0.25) is 12.6 Å². The monoisotopic (exact) mass is 395 g/mol. The van der Waals surface area contributed by atoms with E-state index < -0.39 is 0 Å². The number of benzene rings is 1. The Labute approximate surface area is 169 Å². The molecule has 1 saturated heterocycles. The molecule has 1 amide bonds. The van der Waals surface area contributed by atoms with Gasteiger partial charge in [0.25, 0.3) is 5.91 Å². The Hall–Kier alpha value is -2.61. The Morgan fingerprint density at radius 1 is 1.10 bits per heavy atom. The van der Waals surface area contributed by atoms with Gasteiger partial charge in [0.1, 0.15) is 5.82 Å². The van der Waals surface area contributed by atoms with E-state index in [1.807, 2.05) is 6.07 Å². The molecule has 3 aliphatic heterocycles. The maximum Gasteiger partial charge on any atom is 0.289 e. The normalized spacial score (nSPS) is 25.4. The average Bonchev–Trinajstić information content (AvgIpc) is 3.39. The van der Waals surface area contributed by atoms with Crippen LogP contribution in [0.15, 0.2) is 18.2 Å². The summed E-state index contributed by atoms with van der Waals surface area (Å²) in [4.78, 5) is 15.1. The molecule has 2 aromatic rings.